The maximum atomic E-state index is 12.7. The number of thioether (sulfide) groups is 1. The highest BCUT2D eigenvalue weighted by molar-refractivity contribution is 7.99. The first-order valence-corrected chi connectivity index (χ1v) is 8.50. The van der Waals surface area contributed by atoms with Crippen molar-refractivity contribution >= 4 is 35.1 Å². The zero-order chi connectivity index (χ0) is 19.2. The third-order valence-corrected chi connectivity index (χ3v) is 3.97. The summed E-state index contributed by atoms with van der Waals surface area (Å²) in [4.78, 5) is 23.1. The van der Waals surface area contributed by atoms with Gasteiger partial charge in [-0.15, -0.1) is 10.2 Å². The Morgan fingerprint density at radius 3 is 2.46 bits per heavy atom. The van der Waals surface area contributed by atoms with Crippen LogP contribution in [-0.2, 0) is 15.8 Å². The van der Waals surface area contributed by atoms with Crippen molar-refractivity contribution in [1.29, 1.82) is 0 Å². The van der Waals surface area contributed by atoms with Gasteiger partial charge in [0.1, 0.15) is 5.03 Å². The second-order valence-electron chi connectivity index (χ2n) is 5.07. The number of rotatable bonds is 6. The molecule has 26 heavy (non-hydrogen) atoms. The predicted molar refractivity (Wildman–Crippen MR) is 91.8 cm³/mol. The van der Waals surface area contributed by atoms with Crippen molar-refractivity contribution in [3.63, 3.8) is 0 Å². The van der Waals surface area contributed by atoms with Crippen LogP contribution in [0.2, 0.25) is 0 Å². The summed E-state index contributed by atoms with van der Waals surface area (Å²) in [5, 5.41) is 13.1. The Hall–Kier alpha value is -2.62. The molecule has 0 aliphatic rings. The SMILES string of the molecule is CCC(=O)Nc1ccc(SCC(=O)Nc2cccc(C(F)(F)F)c2)nn1. The number of carbonyl (C=O) groups is 2. The van der Waals surface area contributed by atoms with E-state index in [1.165, 1.54) is 12.1 Å². The van der Waals surface area contributed by atoms with Gasteiger partial charge in [0.25, 0.3) is 0 Å². The monoisotopic (exact) mass is 384 g/mol. The van der Waals surface area contributed by atoms with Crippen molar-refractivity contribution in [3.05, 3.63) is 42.0 Å². The molecule has 0 bridgehead atoms. The largest absolute Gasteiger partial charge is 0.416 e. The zero-order valence-electron chi connectivity index (χ0n) is 13.6. The lowest BCUT2D eigenvalue weighted by atomic mass is 10.2. The van der Waals surface area contributed by atoms with Crippen LogP contribution in [0.4, 0.5) is 24.7 Å². The van der Waals surface area contributed by atoms with Crippen LogP contribution in [0.1, 0.15) is 18.9 Å². The van der Waals surface area contributed by atoms with E-state index >= 15 is 0 Å². The van der Waals surface area contributed by atoms with Crippen LogP contribution in [0, 0.1) is 0 Å². The number of alkyl halides is 3. The minimum atomic E-state index is -4.47. The van der Waals surface area contributed by atoms with Crippen LogP contribution >= 0.6 is 11.8 Å². The van der Waals surface area contributed by atoms with Gasteiger partial charge in [0, 0.05) is 12.1 Å². The minimum absolute atomic E-state index is 0.0500. The van der Waals surface area contributed by atoms with E-state index < -0.39 is 17.6 Å². The molecule has 0 saturated heterocycles. The molecular weight excluding hydrogens is 369 g/mol. The molecule has 0 spiro atoms. The lowest BCUT2D eigenvalue weighted by Crippen LogP contribution is -2.15. The number of hydrogen-bond acceptors (Lipinski definition) is 5. The molecule has 0 unspecified atom stereocenters. The van der Waals surface area contributed by atoms with Gasteiger partial charge < -0.3 is 10.6 Å². The van der Waals surface area contributed by atoms with Gasteiger partial charge in [0.05, 0.1) is 11.3 Å². The molecule has 2 aromatic rings. The van der Waals surface area contributed by atoms with E-state index in [0.717, 1.165) is 23.9 Å². The van der Waals surface area contributed by atoms with Crippen LogP contribution in [-0.4, -0.2) is 27.8 Å². The molecule has 1 aromatic carbocycles. The molecule has 138 valence electrons. The first-order chi connectivity index (χ1) is 12.3. The van der Waals surface area contributed by atoms with Crippen molar-refractivity contribution < 1.29 is 22.8 Å². The van der Waals surface area contributed by atoms with Crippen molar-refractivity contribution in [1.82, 2.24) is 10.2 Å². The Morgan fingerprint density at radius 2 is 1.85 bits per heavy atom. The van der Waals surface area contributed by atoms with E-state index in [9.17, 15) is 22.8 Å². The molecular formula is C16H15F3N4O2S. The topological polar surface area (TPSA) is 84.0 Å². The van der Waals surface area contributed by atoms with E-state index in [4.69, 9.17) is 0 Å². The average Bonchev–Trinajstić information content (AvgIpc) is 2.60. The normalized spacial score (nSPS) is 11.1. The summed E-state index contributed by atoms with van der Waals surface area (Å²) in [5.41, 5.74) is -0.771. The molecule has 0 atom stereocenters. The number of hydrogen-bond donors (Lipinski definition) is 2. The third kappa shape index (κ3) is 6.03. The number of anilines is 2. The fraction of sp³-hybridized carbons (Fsp3) is 0.250. The number of halogens is 3. The molecule has 10 heteroatoms. The maximum absolute atomic E-state index is 12.7. The Balaban J connectivity index is 1.88. The summed E-state index contributed by atoms with van der Waals surface area (Å²) >= 11 is 1.07. The standard InChI is InChI=1S/C16H15F3N4O2S/c1-2-13(24)21-12-6-7-15(23-22-12)26-9-14(25)20-11-5-3-4-10(8-11)16(17,18)19/h3-8H,2,9H2,1H3,(H,20,25)(H,21,22,24). The predicted octanol–water partition coefficient (Wildman–Crippen LogP) is 3.57. The van der Waals surface area contributed by atoms with Crippen molar-refractivity contribution in [2.24, 2.45) is 0 Å². The lowest BCUT2D eigenvalue weighted by molar-refractivity contribution is -0.137. The molecule has 6 nitrogen and oxygen atoms in total. The summed E-state index contributed by atoms with van der Waals surface area (Å²) in [7, 11) is 0. The van der Waals surface area contributed by atoms with Gasteiger partial charge in [-0.2, -0.15) is 13.2 Å². The number of nitrogens with one attached hydrogen (secondary N) is 2. The van der Waals surface area contributed by atoms with Crippen molar-refractivity contribution in [3.8, 4) is 0 Å². The Kier molecular flexibility index (Phi) is 6.56. The second kappa shape index (κ2) is 8.65. The van der Waals surface area contributed by atoms with E-state index in [1.54, 1.807) is 19.1 Å². The molecule has 0 fully saturated rings. The average molecular weight is 384 g/mol. The van der Waals surface area contributed by atoms with E-state index in [0.29, 0.717) is 17.3 Å². The van der Waals surface area contributed by atoms with Crippen LogP contribution in [0.5, 0.6) is 0 Å². The van der Waals surface area contributed by atoms with Crippen molar-refractivity contribution in [2.45, 2.75) is 24.5 Å². The van der Waals surface area contributed by atoms with Gasteiger partial charge in [0.2, 0.25) is 11.8 Å². The van der Waals surface area contributed by atoms with Crippen LogP contribution < -0.4 is 10.6 Å². The summed E-state index contributed by atoms with van der Waals surface area (Å²) in [6.45, 7) is 1.70. The highest BCUT2D eigenvalue weighted by Gasteiger charge is 2.30. The van der Waals surface area contributed by atoms with Crippen LogP contribution in [0.15, 0.2) is 41.4 Å². The number of amides is 2. The Morgan fingerprint density at radius 1 is 1.08 bits per heavy atom. The molecule has 0 saturated carbocycles. The van der Waals surface area contributed by atoms with Gasteiger partial charge in [-0.1, -0.05) is 24.8 Å². The first kappa shape index (κ1) is 19.7. The van der Waals surface area contributed by atoms with Crippen LogP contribution in [0.3, 0.4) is 0 Å². The quantitative estimate of drug-likeness (QED) is 0.744. The van der Waals surface area contributed by atoms with Gasteiger partial charge in [-0.05, 0) is 30.3 Å². The molecule has 0 radical (unpaired) electrons. The molecule has 2 amide bonds. The lowest BCUT2D eigenvalue weighted by Gasteiger charge is -2.09. The number of nitrogens with zero attached hydrogens (tertiary/aromatic N) is 2. The zero-order valence-corrected chi connectivity index (χ0v) is 14.4. The minimum Gasteiger partial charge on any atom is -0.325 e. The van der Waals surface area contributed by atoms with Gasteiger partial charge in [-0.25, -0.2) is 0 Å². The molecule has 1 heterocycles. The van der Waals surface area contributed by atoms with Gasteiger partial charge in [0.15, 0.2) is 5.82 Å². The maximum Gasteiger partial charge on any atom is 0.416 e. The van der Waals surface area contributed by atoms with E-state index in [1.807, 2.05) is 0 Å². The first-order valence-electron chi connectivity index (χ1n) is 7.51. The Bertz CT molecular complexity index is 782. The van der Waals surface area contributed by atoms with Gasteiger partial charge >= 0.3 is 6.18 Å². The van der Waals surface area contributed by atoms with E-state index in [-0.39, 0.29) is 17.3 Å². The highest BCUT2D eigenvalue weighted by atomic mass is 32.2. The summed E-state index contributed by atoms with van der Waals surface area (Å²) < 4.78 is 38.0. The summed E-state index contributed by atoms with van der Waals surface area (Å²) in [5.74, 6) is -0.416. The molecule has 2 rings (SSSR count). The Labute approximate surface area is 151 Å². The van der Waals surface area contributed by atoms with Crippen molar-refractivity contribution in [2.75, 3.05) is 16.4 Å². The third-order valence-electron chi connectivity index (χ3n) is 3.05. The molecule has 0 aliphatic heterocycles. The highest BCUT2D eigenvalue weighted by Crippen LogP contribution is 2.30. The number of benzene rings is 1. The fourth-order valence-electron chi connectivity index (χ4n) is 1.80. The molecule has 2 N–H and O–H groups in total. The number of aromatic nitrogens is 2. The summed E-state index contributed by atoms with van der Waals surface area (Å²) in [6.07, 6.45) is -4.16. The number of carbonyl (C=O) groups excluding carboxylic acids is 2. The van der Waals surface area contributed by atoms with Gasteiger partial charge in [-0.3, -0.25) is 9.59 Å². The molecule has 0 aliphatic carbocycles. The smallest absolute Gasteiger partial charge is 0.325 e. The van der Waals surface area contributed by atoms with E-state index in [2.05, 4.69) is 20.8 Å². The van der Waals surface area contributed by atoms with Crippen LogP contribution in [0.25, 0.3) is 0 Å². The fourth-order valence-corrected chi connectivity index (χ4v) is 2.42. The second-order valence-corrected chi connectivity index (χ2v) is 6.07. The summed E-state index contributed by atoms with van der Waals surface area (Å²) in [6, 6.07) is 7.53. The molecule has 1 aromatic heterocycles.